The van der Waals surface area contributed by atoms with Crippen molar-refractivity contribution in [1.29, 1.82) is 0 Å². The van der Waals surface area contributed by atoms with Gasteiger partial charge >= 0.3 is 0 Å². The summed E-state index contributed by atoms with van der Waals surface area (Å²) in [6.07, 6.45) is 4.48. The van der Waals surface area contributed by atoms with E-state index >= 15 is 0 Å². The van der Waals surface area contributed by atoms with E-state index in [1.165, 1.54) is 0 Å². The molecule has 0 radical (unpaired) electrons. The zero-order valence-corrected chi connectivity index (χ0v) is 17.8. The van der Waals surface area contributed by atoms with Crippen LogP contribution in [0.2, 0.25) is 0 Å². The van der Waals surface area contributed by atoms with Crippen LogP contribution in [0.4, 0.5) is 0 Å². The lowest BCUT2D eigenvalue weighted by molar-refractivity contribution is -0.550. The van der Waals surface area contributed by atoms with Crippen LogP contribution < -0.4 is 0 Å². The third-order valence-electron chi connectivity index (χ3n) is 5.14. The molecule has 0 atom stereocenters. The largest absolute Gasteiger partial charge is 0.234 e. The van der Waals surface area contributed by atoms with Crippen molar-refractivity contribution < 1.29 is 19.6 Å². The van der Waals surface area contributed by atoms with E-state index in [9.17, 15) is 0 Å². The smallest absolute Gasteiger partial charge is 0.227 e. The minimum absolute atomic E-state index is 0.330. The Kier molecular flexibility index (Phi) is 10.0. The fourth-order valence-corrected chi connectivity index (χ4v) is 1.69. The lowest BCUT2D eigenvalue weighted by Crippen LogP contribution is -2.44. The van der Waals surface area contributed by atoms with E-state index in [1.54, 1.807) is 0 Å². The second kappa shape index (κ2) is 10.1. The van der Waals surface area contributed by atoms with E-state index in [4.69, 9.17) is 19.6 Å². The van der Waals surface area contributed by atoms with Crippen molar-refractivity contribution in [3.63, 3.8) is 0 Å². The zero-order valence-electron chi connectivity index (χ0n) is 17.8. The van der Waals surface area contributed by atoms with Crippen molar-refractivity contribution in [2.24, 2.45) is 11.8 Å². The number of hydrogen-bond acceptors (Lipinski definition) is 4. The number of hydrogen-bond donors (Lipinski definition) is 0. The van der Waals surface area contributed by atoms with E-state index < -0.39 is 5.79 Å². The highest BCUT2D eigenvalue weighted by molar-refractivity contribution is 4.74. The van der Waals surface area contributed by atoms with Gasteiger partial charge in [-0.05, 0) is 46.0 Å². The summed E-state index contributed by atoms with van der Waals surface area (Å²) in [5.41, 5.74) is -0.774. The molecule has 0 aliphatic heterocycles. The van der Waals surface area contributed by atoms with Gasteiger partial charge in [0, 0.05) is 12.8 Å². The highest BCUT2D eigenvalue weighted by Gasteiger charge is 2.39. The van der Waals surface area contributed by atoms with Crippen molar-refractivity contribution in [3.05, 3.63) is 0 Å². The Morgan fingerprint density at radius 2 is 1.04 bits per heavy atom. The molecule has 0 aromatic heterocycles. The van der Waals surface area contributed by atoms with E-state index in [0.717, 1.165) is 32.1 Å². The molecule has 0 spiro atoms. The van der Waals surface area contributed by atoms with Crippen molar-refractivity contribution in [3.8, 4) is 0 Å². The molecule has 4 nitrogen and oxygen atoms in total. The zero-order chi connectivity index (χ0) is 19.0. The van der Waals surface area contributed by atoms with E-state index in [1.807, 2.05) is 27.7 Å². The van der Waals surface area contributed by atoms with Crippen molar-refractivity contribution in [2.45, 2.75) is 118 Å². The fourth-order valence-electron chi connectivity index (χ4n) is 1.69. The van der Waals surface area contributed by atoms with Crippen LogP contribution in [-0.2, 0) is 19.6 Å². The van der Waals surface area contributed by atoms with Gasteiger partial charge in [-0.2, -0.15) is 9.78 Å². The predicted molar refractivity (Wildman–Crippen MR) is 99.3 cm³/mol. The Balaban J connectivity index is 5.17. The molecule has 0 heterocycles. The van der Waals surface area contributed by atoms with Gasteiger partial charge in [0.2, 0.25) is 5.79 Å². The Morgan fingerprint density at radius 3 is 1.33 bits per heavy atom. The van der Waals surface area contributed by atoms with Crippen LogP contribution in [0.15, 0.2) is 0 Å². The van der Waals surface area contributed by atoms with Crippen LogP contribution >= 0.6 is 0 Å². The van der Waals surface area contributed by atoms with Gasteiger partial charge in [-0.25, -0.2) is 9.78 Å². The topological polar surface area (TPSA) is 36.9 Å². The molecule has 4 heteroatoms. The summed E-state index contributed by atoms with van der Waals surface area (Å²) in [6.45, 7) is 20.9. The van der Waals surface area contributed by atoms with Gasteiger partial charge in [0.05, 0.1) is 0 Å². The monoisotopic (exact) mass is 346 g/mol. The maximum atomic E-state index is 5.93. The highest BCUT2D eigenvalue weighted by Crippen LogP contribution is 2.34. The third-order valence-corrected chi connectivity index (χ3v) is 5.14. The van der Waals surface area contributed by atoms with Crippen LogP contribution in [0.1, 0.15) is 101 Å². The van der Waals surface area contributed by atoms with Crippen molar-refractivity contribution in [2.75, 3.05) is 0 Å². The Labute approximate surface area is 150 Å². The molecule has 0 fully saturated rings. The minimum atomic E-state index is -0.858. The van der Waals surface area contributed by atoms with Crippen LogP contribution in [0.5, 0.6) is 0 Å². The summed E-state index contributed by atoms with van der Waals surface area (Å²) in [6, 6.07) is 0. The first-order valence-electron chi connectivity index (χ1n) is 9.66. The summed E-state index contributed by atoms with van der Waals surface area (Å²) in [5.74, 6) is -0.199. The van der Waals surface area contributed by atoms with Gasteiger partial charge in [-0.1, -0.05) is 54.4 Å². The molecule has 0 rings (SSSR count). The summed E-state index contributed by atoms with van der Waals surface area (Å²) in [4.78, 5) is 23.5. The average molecular weight is 347 g/mol. The molecule has 24 heavy (non-hydrogen) atoms. The Hall–Kier alpha value is -0.160. The summed E-state index contributed by atoms with van der Waals surface area (Å²) < 4.78 is 0. The average Bonchev–Trinajstić information content (AvgIpc) is 2.48. The second-order valence-corrected chi connectivity index (χ2v) is 8.61. The molecule has 0 aromatic carbocycles. The van der Waals surface area contributed by atoms with Gasteiger partial charge in [-0.15, -0.1) is 0 Å². The molecule has 0 aromatic rings. The molecular weight excluding hydrogens is 304 g/mol. The molecule has 0 aliphatic rings. The molecule has 0 bridgehead atoms. The molecule has 0 saturated heterocycles. The molecular formula is C20H42O4. The van der Waals surface area contributed by atoms with Crippen LogP contribution in [0.3, 0.4) is 0 Å². The van der Waals surface area contributed by atoms with Gasteiger partial charge in [0.1, 0.15) is 11.2 Å². The lowest BCUT2D eigenvalue weighted by Gasteiger charge is -2.38. The maximum absolute atomic E-state index is 5.93. The molecule has 0 unspecified atom stereocenters. The van der Waals surface area contributed by atoms with E-state index in [2.05, 4.69) is 41.5 Å². The van der Waals surface area contributed by atoms with Crippen LogP contribution in [0, 0.1) is 11.8 Å². The van der Waals surface area contributed by atoms with Crippen molar-refractivity contribution in [1.82, 2.24) is 0 Å². The normalized spacial score (nSPS) is 14.0. The van der Waals surface area contributed by atoms with Gasteiger partial charge in [-0.3, -0.25) is 0 Å². The van der Waals surface area contributed by atoms with Crippen molar-refractivity contribution >= 4 is 0 Å². The quantitative estimate of drug-likeness (QED) is 0.218. The molecule has 0 aliphatic carbocycles. The summed E-state index contributed by atoms with van der Waals surface area (Å²) >= 11 is 0. The maximum Gasteiger partial charge on any atom is 0.234 e. The summed E-state index contributed by atoms with van der Waals surface area (Å²) in [7, 11) is 0. The Bertz CT molecular complexity index is 311. The first-order chi connectivity index (χ1) is 10.9. The number of rotatable bonds is 13. The third kappa shape index (κ3) is 7.81. The van der Waals surface area contributed by atoms with Gasteiger partial charge in [0.15, 0.2) is 0 Å². The molecule has 0 amide bonds. The number of unbranched alkanes of at least 4 members (excludes halogenated alkanes) is 1. The lowest BCUT2D eigenvalue weighted by atomic mass is 9.95. The first-order valence-corrected chi connectivity index (χ1v) is 9.66. The minimum Gasteiger partial charge on any atom is -0.227 e. The molecule has 146 valence electrons. The fraction of sp³-hybridized carbons (Fsp3) is 1.00. The SMILES string of the molecule is CCCCC(CCC)(OOC(C)(C)C(C)C)OOC(C)(C)C(C)C. The standard InChI is InChI=1S/C20H42O4/c1-11-13-15-20(14-12-2,23-21-18(7,8)16(3)4)24-22-19(9,10)17(5)6/h16-17H,11-15H2,1-10H3. The van der Waals surface area contributed by atoms with E-state index in [0.29, 0.717) is 11.8 Å². The highest BCUT2D eigenvalue weighted by atomic mass is 17.3. The van der Waals surface area contributed by atoms with Gasteiger partial charge in [0.25, 0.3) is 0 Å². The van der Waals surface area contributed by atoms with E-state index in [-0.39, 0.29) is 11.2 Å². The van der Waals surface area contributed by atoms with Crippen LogP contribution in [-0.4, -0.2) is 17.0 Å². The molecule has 0 N–H and O–H groups in total. The van der Waals surface area contributed by atoms with Crippen LogP contribution in [0.25, 0.3) is 0 Å². The van der Waals surface area contributed by atoms with Gasteiger partial charge < -0.3 is 0 Å². The predicted octanol–water partition coefficient (Wildman–Crippen LogP) is 6.44. The molecule has 0 saturated carbocycles. The second-order valence-electron chi connectivity index (χ2n) is 8.61. The Morgan fingerprint density at radius 1 is 0.625 bits per heavy atom. The first kappa shape index (κ1) is 23.8. The summed E-state index contributed by atoms with van der Waals surface area (Å²) in [5, 5.41) is 0.